The fourth-order valence-corrected chi connectivity index (χ4v) is 9.38. The summed E-state index contributed by atoms with van der Waals surface area (Å²) < 4.78 is 0. The van der Waals surface area contributed by atoms with Crippen LogP contribution in [0.25, 0.3) is 55.3 Å². The Morgan fingerprint density at radius 1 is 0.226 bits per heavy atom. The molecular formula is C58H40N4. The van der Waals surface area contributed by atoms with Crippen LogP contribution < -0.4 is 20.4 Å². The fourth-order valence-electron chi connectivity index (χ4n) is 9.38. The maximum atomic E-state index is 3.84. The summed E-state index contributed by atoms with van der Waals surface area (Å²) in [6, 6.07) is 82.7. The van der Waals surface area contributed by atoms with Crippen molar-refractivity contribution in [2.45, 2.75) is 0 Å². The third-order valence-electron chi connectivity index (χ3n) is 12.3. The van der Waals surface area contributed by atoms with E-state index in [1.807, 2.05) is 0 Å². The maximum absolute atomic E-state index is 3.84. The molecule has 2 aliphatic rings. The third-order valence-corrected chi connectivity index (χ3v) is 12.3. The Balaban J connectivity index is 0.843. The Morgan fingerprint density at radius 2 is 0.516 bits per heavy atom. The van der Waals surface area contributed by atoms with Gasteiger partial charge in [-0.25, -0.2) is 0 Å². The Hall–Kier alpha value is -8.34. The smallest absolute Gasteiger partial charge is 0.0472 e. The molecule has 2 heterocycles. The van der Waals surface area contributed by atoms with Crippen LogP contribution in [-0.4, -0.2) is 0 Å². The Kier molecular flexibility index (Phi) is 8.46. The van der Waals surface area contributed by atoms with Crippen molar-refractivity contribution in [3.05, 3.63) is 231 Å². The predicted molar refractivity (Wildman–Crippen MR) is 262 cm³/mol. The van der Waals surface area contributed by atoms with E-state index in [1.165, 1.54) is 55.3 Å². The minimum absolute atomic E-state index is 1.12. The first-order valence-electron chi connectivity index (χ1n) is 21.2. The predicted octanol–water partition coefficient (Wildman–Crippen LogP) is 16.6. The van der Waals surface area contributed by atoms with Gasteiger partial charge in [0.25, 0.3) is 0 Å². The Bertz CT molecular complexity index is 2960. The molecule has 0 aromatic heterocycles. The zero-order valence-corrected chi connectivity index (χ0v) is 33.8. The number of rotatable bonds is 8. The number of hydrogen-bond acceptors (Lipinski definition) is 4. The fraction of sp³-hybridized carbons (Fsp3) is 0. The second-order valence-corrected chi connectivity index (χ2v) is 15.9. The number of nitrogens with one attached hydrogen (secondary N) is 2. The maximum Gasteiger partial charge on any atom is 0.0472 e. The van der Waals surface area contributed by atoms with E-state index in [0.29, 0.717) is 0 Å². The molecule has 0 unspecified atom stereocenters. The molecule has 0 atom stereocenters. The standard InChI is InChI=1S/C58H40N4/c1-5-13-43(14-6-1)61(44-15-7-2-8-16-44)47-27-21-39(22-28-47)41-25-31-49-51-33-34-52-50-32-26-42(38-56(50)60-54-36-35-53(57(51)58(52)54)59-55(49)37-41)40-23-29-48(30-24-40)62(45-17-9-3-10-18-45)46-19-11-4-12-20-46/h1-38,59-60H. The van der Waals surface area contributed by atoms with E-state index in [9.17, 15) is 0 Å². The first-order chi connectivity index (χ1) is 30.7. The van der Waals surface area contributed by atoms with E-state index >= 15 is 0 Å². The lowest BCUT2D eigenvalue weighted by Gasteiger charge is -2.29. The molecule has 0 radical (unpaired) electrons. The van der Waals surface area contributed by atoms with Gasteiger partial charge in [0.1, 0.15) is 0 Å². The zero-order chi connectivity index (χ0) is 41.0. The highest BCUT2D eigenvalue weighted by Gasteiger charge is 2.26. The highest BCUT2D eigenvalue weighted by molar-refractivity contribution is 6.22. The molecule has 0 spiro atoms. The Labute approximate surface area is 361 Å². The molecule has 10 aromatic carbocycles. The van der Waals surface area contributed by atoms with E-state index in [4.69, 9.17) is 0 Å². The number of hydrogen-bond donors (Lipinski definition) is 2. The van der Waals surface area contributed by atoms with Crippen molar-refractivity contribution in [2.75, 3.05) is 20.4 Å². The van der Waals surface area contributed by atoms with Gasteiger partial charge in [-0.2, -0.15) is 0 Å². The minimum Gasteiger partial charge on any atom is -0.354 e. The molecule has 292 valence electrons. The van der Waals surface area contributed by atoms with Crippen LogP contribution in [0.4, 0.5) is 56.9 Å². The first-order valence-corrected chi connectivity index (χ1v) is 21.2. The van der Waals surface area contributed by atoms with Crippen LogP contribution in [0.5, 0.6) is 0 Å². The van der Waals surface area contributed by atoms with Crippen molar-refractivity contribution >= 4 is 67.6 Å². The summed E-state index contributed by atoms with van der Waals surface area (Å²) in [6.07, 6.45) is 0. The molecule has 2 N–H and O–H groups in total. The van der Waals surface area contributed by atoms with Gasteiger partial charge in [-0.15, -0.1) is 0 Å². The van der Waals surface area contributed by atoms with Gasteiger partial charge in [-0.3, -0.25) is 0 Å². The van der Waals surface area contributed by atoms with Crippen molar-refractivity contribution < 1.29 is 0 Å². The van der Waals surface area contributed by atoms with Crippen LogP contribution in [0.3, 0.4) is 0 Å². The summed E-state index contributed by atoms with van der Waals surface area (Å²) in [7, 11) is 0. The van der Waals surface area contributed by atoms with Crippen LogP contribution in [0.2, 0.25) is 0 Å². The first kappa shape index (κ1) is 35.6. The molecule has 4 nitrogen and oxygen atoms in total. The number of para-hydroxylation sites is 4. The van der Waals surface area contributed by atoms with Gasteiger partial charge in [0, 0.05) is 78.8 Å². The average molecular weight is 793 g/mol. The molecule has 10 aromatic rings. The quantitative estimate of drug-likeness (QED) is 0.160. The van der Waals surface area contributed by atoms with Gasteiger partial charge in [-0.1, -0.05) is 133 Å². The lowest BCUT2D eigenvalue weighted by atomic mass is 9.84. The average Bonchev–Trinajstić information content (AvgIpc) is 3.34. The summed E-state index contributed by atoms with van der Waals surface area (Å²) in [4.78, 5) is 4.59. The lowest BCUT2D eigenvalue weighted by Crippen LogP contribution is -2.09. The highest BCUT2D eigenvalue weighted by atomic mass is 15.1. The molecule has 12 rings (SSSR count). The molecule has 0 fully saturated rings. The molecule has 2 aliphatic heterocycles. The van der Waals surface area contributed by atoms with Crippen molar-refractivity contribution in [3.63, 3.8) is 0 Å². The highest BCUT2D eigenvalue weighted by Crippen LogP contribution is 2.53. The van der Waals surface area contributed by atoms with Gasteiger partial charge in [0.05, 0.1) is 0 Å². The molecule has 0 amide bonds. The van der Waals surface area contributed by atoms with Crippen molar-refractivity contribution in [2.24, 2.45) is 0 Å². The summed E-state index contributed by atoms with van der Waals surface area (Å²) in [6.45, 7) is 0. The van der Waals surface area contributed by atoms with E-state index in [-0.39, 0.29) is 0 Å². The van der Waals surface area contributed by atoms with Crippen LogP contribution in [0.15, 0.2) is 231 Å². The summed E-state index contributed by atoms with van der Waals surface area (Å²) in [5.41, 5.74) is 20.9. The van der Waals surface area contributed by atoms with E-state index in [0.717, 1.165) is 56.9 Å². The van der Waals surface area contributed by atoms with Crippen LogP contribution in [-0.2, 0) is 0 Å². The topological polar surface area (TPSA) is 30.5 Å². The number of nitrogens with zero attached hydrogens (tertiary/aromatic N) is 2. The molecule has 0 saturated carbocycles. The zero-order valence-electron chi connectivity index (χ0n) is 33.8. The van der Waals surface area contributed by atoms with Gasteiger partial charge in [-0.05, 0) is 130 Å². The van der Waals surface area contributed by atoms with Gasteiger partial charge < -0.3 is 20.4 Å². The minimum atomic E-state index is 1.12. The molecule has 0 saturated heterocycles. The van der Waals surface area contributed by atoms with E-state index < -0.39 is 0 Å². The lowest BCUT2D eigenvalue weighted by molar-refractivity contribution is 1.28. The monoisotopic (exact) mass is 792 g/mol. The molecule has 0 bridgehead atoms. The number of anilines is 10. The van der Waals surface area contributed by atoms with E-state index in [1.54, 1.807) is 0 Å². The van der Waals surface area contributed by atoms with Gasteiger partial charge >= 0.3 is 0 Å². The third kappa shape index (κ3) is 6.08. The van der Waals surface area contributed by atoms with Crippen LogP contribution >= 0.6 is 0 Å². The van der Waals surface area contributed by atoms with E-state index in [2.05, 4.69) is 251 Å². The molecular weight excluding hydrogens is 753 g/mol. The second-order valence-electron chi connectivity index (χ2n) is 15.9. The largest absolute Gasteiger partial charge is 0.354 e. The van der Waals surface area contributed by atoms with Gasteiger partial charge in [0.2, 0.25) is 0 Å². The summed E-state index contributed by atoms with van der Waals surface area (Å²) >= 11 is 0. The summed E-state index contributed by atoms with van der Waals surface area (Å²) in [5, 5.41) is 10.2. The van der Waals surface area contributed by atoms with Crippen LogP contribution in [0.1, 0.15) is 0 Å². The summed E-state index contributed by atoms with van der Waals surface area (Å²) in [5.74, 6) is 0. The van der Waals surface area contributed by atoms with Gasteiger partial charge in [0.15, 0.2) is 0 Å². The van der Waals surface area contributed by atoms with Crippen molar-refractivity contribution in [1.29, 1.82) is 0 Å². The van der Waals surface area contributed by atoms with Crippen molar-refractivity contribution in [3.8, 4) is 44.5 Å². The van der Waals surface area contributed by atoms with Crippen molar-refractivity contribution in [1.82, 2.24) is 0 Å². The molecule has 62 heavy (non-hydrogen) atoms. The Morgan fingerprint density at radius 3 is 0.855 bits per heavy atom. The van der Waals surface area contributed by atoms with Crippen LogP contribution in [0, 0.1) is 0 Å². The number of benzene rings is 10. The number of fused-ring (bicyclic) bond motifs is 4. The normalized spacial score (nSPS) is 11.8. The molecule has 4 heteroatoms. The molecule has 0 aliphatic carbocycles. The SMILES string of the molecule is c1ccc(N(c2ccccc2)c2ccc(-c3ccc4c(c3)Nc3ccc5c6c(ccc-4c36)-c3ccc(-c4ccc(N(c6ccccc6)c6ccccc6)cc4)cc3N5)cc2)cc1. The second kappa shape index (κ2) is 14.7.